The summed E-state index contributed by atoms with van der Waals surface area (Å²) in [6.45, 7) is 8.47. The predicted octanol–water partition coefficient (Wildman–Crippen LogP) is 2.40. The molecule has 0 aliphatic heterocycles. The summed E-state index contributed by atoms with van der Waals surface area (Å²) in [6, 6.07) is 4.13. The summed E-state index contributed by atoms with van der Waals surface area (Å²) >= 11 is 0. The molecule has 2 N–H and O–H groups in total. The number of nitrogens with two attached hydrogens (primary N) is 1. The fourth-order valence-electron chi connectivity index (χ4n) is 1.12. The third-order valence-corrected chi connectivity index (χ3v) is 2.12. The van der Waals surface area contributed by atoms with Crippen molar-refractivity contribution in [3.63, 3.8) is 0 Å². The molecule has 1 aromatic heterocycles. The second-order valence-electron chi connectivity index (χ2n) is 4.51. The first-order chi connectivity index (χ1) is 5.91. The van der Waals surface area contributed by atoms with Crippen molar-refractivity contribution >= 4 is 0 Å². The van der Waals surface area contributed by atoms with Crippen LogP contribution in [0.5, 0.6) is 0 Å². The highest BCUT2D eigenvalue weighted by molar-refractivity contribution is 5.22. The van der Waals surface area contributed by atoms with Crippen molar-refractivity contribution < 1.29 is 0 Å². The van der Waals surface area contributed by atoms with Gasteiger partial charge in [0.1, 0.15) is 0 Å². The number of hydrogen-bond donors (Lipinski definition) is 1. The Morgan fingerprint density at radius 3 is 2.23 bits per heavy atom. The number of pyridine rings is 1. The van der Waals surface area contributed by atoms with Crippen molar-refractivity contribution in [2.75, 3.05) is 0 Å². The van der Waals surface area contributed by atoms with Crippen molar-refractivity contribution in [1.82, 2.24) is 4.98 Å². The number of rotatable bonds is 1. The van der Waals surface area contributed by atoms with Gasteiger partial charge in [-0.3, -0.25) is 4.98 Å². The van der Waals surface area contributed by atoms with Crippen molar-refractivity contribution in [3.05, 3.63) is 29.6 Å². The van der Waals surface area contributed by atoms with Crippen LogP contribution in [0.3, 0.4) is 0 Å². The van der Waals surface area contributed by atoms with Gasteiger partial charge in [0.05, 0.1) is 5.69 Å². The van der Waals surface area contributed by atoms with Crippen LogP contribution in [0.1, 0.15) is 45.0 Å². The van der Waals surface area contributed by atoms with Gasteiger partial charge in [-0.25, -0.2) is 0 Å². The van der Waals surface area contributed by atoms with E-state index in [9.17, 15) is 0 Å². The average molecular weight is 178 g/mol. The molecule has 0 radical (unpaired) electrons. The summed E-state index contributed by atoms with van der Waals surface area (Å²) in [5.41, 5.74) is 8.08. The van der Waals surface area contributed by atoms with Gasteiger partial charge < -0.3 is 5.73 Å². The van der Waals surface area contributed by atoms with Gasteiger partial charge in [0.2, 0.25) is 0 Å². The van der Waals surface area contributed by atoms with E-state index in [1.165, 1.54) is 5.56 Å². The number of hydrogen-bond acceptors (Lipinski definition) is 2. The minimum Gasteiger partial charge on any atom is -0.323 e. The van der Waals surface area contributed by atoms with Gasteiger partial charge in [-0.2, -0.15) is 0 Å². The maximum absolute atomic E-state index is 5.71. The molecule has 0 saturated heterocycles. The Hall–Kier alpha value is -0.890. The molecule has 0 amide bonds. The molecule has 2 heteroatoms. The summed E-state index contributed by atoms with van der Waals surface area (Å²) in [4.78, 5) is 4.32. The Kier molecular flexibility index (Phi) is 2.71. The first kappa shape index (κ1) is 10.2. The lowest BCUT2D eigenvalue weighted by Crippen LogP contribution is -2.13. The van der Waals surface area contributed by atoms with Crippen LogP contribution in [0.2, 0.25) is 0 Å². The lowest BCUT2D eigenvalue weighted by atomic mass is 9.88. The third kappa shape index (κ3) is 2.52. The molecular formula is C11H18N2. The predicted molar refractivity (Wildman–Crippen MR) is 55.5 cm³/mol. The summed E-state index contributed by atoms with van der Waals surface area (Å²) in [6.07, 6.45) is 1.92. The number of aromatic nitrogens is 1. The first-order valence-corrected chi connectivity index (χ1v) is 4.63. The van der Waals surface area contributed by atoms with Gasteiger partial charge in [0.15, 0.2) is 0 Å². The van der Waals surface area contributed by atoms with E-state index in [1.54, 1.807) is 0 Å². The Morgan fingerprint density at radius 1 is 1.31 bits per heavy atom. The smallest absolute Gasteiger partial charge is 0.0568 e. The first-order valence-electron chi connectivity index (χ1n) is 4.63. The molecule has 2 nitrogen and oxygen atoms in total. The van der Waals surface area contributed by atoms with Crippen molar-refractivity contribution in [3.8, 4) is 0 Å². The largest absolute Gasteiger partial charge is 0.323 e. The van der Waals surface area contributed by atoms with E-state index >= 15 is 0 Å². The Morgan fingerprint density at radius 2 is 1.92 bits per heavy atom. The van der Waals surface area contributed by atoms with E-state index in [0.717, 1.165) is 5.69 Å². The van der Waals surface area contributed by atoms with E-state index in [-0.39, 0.29) is 11.5 Å². The van der Waals surface area contributed by atoms with Crippen LogP contribution in [0.15, 0.2) is 18.3 Å². The topological polar surface area (TPSA) is 38.9 Å². The highest BCUT2D eigenvalue weighted by Crippen LogP contribution is 2.21. The molecule has 13 heavy (non-hydrogen) atoms. The van der Waals surface area contributed by atoms with Gasteiger partial charge in [-0.15, -0.1) is 0 Å². The van der Waals surface area contributed by atoms with Crippen LogP contribution in [-0.4, -0.2) is 4.98 Å². The van der Waals surface area contributed by atoms with Crippen molar-refractivity contribution in [2.45, 2.75) is 39.2 Å². The van der Waals surface area contributed by atoms with Gasteiger partial charge >= 0.3 is 0 Å². The molecule has 1 unspecified atom stereocenters. The van der Waals surface area contributed by atoms with Crippen molar-refractivity contribution in [1.29, 1.82) is 0 Å². The second kappa shape index (κ2) is 3.46. The molecule has 0 aliphatic carbocycles. The molecule has 0 aliphatic rings. The standard InChI is InChI=1S/C11H18N2/c1-8(12)10-6-5-9(7-13-10)11(2,3)4/h5-8H,12H2,1-4H3. The number of nitrogens with zero attached hydrogens (tertiary/aromatic N) is 1. The van der Waals surface area contributed by atoms with Crippen LogP contribution >= 0.6 is 0 Å². The highest BCUT2D eigenvalue weighted by atomic mass is 14.8. The summed E-state index contributed by atoms with van der Waals surface area (Å²) in [5.74, 6) is 0. The Balaban J connectivity index is 2.94. The van der Waals surface area contributed by atoms with Crippen LogP contribution < -0.4 is 5.73 Å². The van der Waals surface area contributed by atoms with Gasteiger partial charge in [0.25, 0.3) is 0 Å². The van der Waals surface area contributed by atoms with E-state index in [1.807, 2.05) is 19.2 Å². The van der Waals surface area contributed by atoms with Crippen molar-refractivity contribution in [2.24, 2.45) is 5.73 Å². The molecule has 1 atom stereocenters. The molecule has 0 spiro atoms. The van der Waals surface area contributed by atoms with E-state index in [4.69, 9.17) is 5.73 Å². The minimum atomic E-state index is 0.0222. The van der Waals surface area contributed by atoms with Crippen LogP contribution in [0.4, 0.5) is 0 Å². The fraction of sp³-hybridized carbons (Fsp3) is 0.545. The van der Waals surface area contributed by atoms with Crippen LogP contribution in [0, 0.1) is 0 Å². The lowest BCUT2D eigenvalue weighted by Gasteiger charge is -2.18. The Bertz CT molecular complexity index is 267. The second-order valence-corrected chi connectivity index (χ2v) is 4.51. The molecule has 72 valence electrons. The van der Waals surface area contributed by atoms with Crippen LogP contribution in [0.25, 0.3) is 0 Å². The molecule has 0 fully saturated rings. The normalized spacial score (nSPS) is 14.2. The molecule has 1 heterocycles. The van der Waals surface area contributed by atoms with Gasteiger partial charge in [-0.1, -0.05) is 26.8 Å². The third-order valence-electron chi connectivity index (χ3n) is 2.12. The van der Waals surface area contributed by atoms with Crippen LogP contribution in [-0.2, 0) is 5.41 Å². The molecule has 0 bridgehead atoms. The maximum atomic E-state index is 5.71. The SMILES string of the molecule is CC(N)c1ccc(C(C)(C)C)cn1. The van der Waals surface area contributed by atoms with Gasteiger partial charge in [0, 0.05) is 12.2 Å². The summed E-state index contributed by atoms with van der Waals surface area (Å²) in [5, 5.41) is 0. The molecular weight excluding hydrogens is 160 g/mol. The van der Waals surface area contributed by atoms with Gasteiger partial charge in [-0.05, 0) is 24.0 Å². The lowest BCUT2D eigenvalue weighted by molar-refractivity contribution is 0.585. The van der Waals surface area contributed by atoms with E-state index in [0.29, 0.717) is 0 Å². The average Bonchev–Trinajstić information content (AvgIpc) is 2.03. The molecule has 0 aromatic carbocycles. The minimum absolute atomic E-state index is 0.0222. The zero-order valence-electron chi connectivity index (χ0n) is 8.83. The zero-order valence-corrected chi connectivity index (χ0v) is 8.83. The fourth-order valence-corrected chi connectivity index (χ4v) is 1.12. The summed E-state index contributed by atoms with van der Waals surface area (Å²) in [7, 11) is 0. The quantitative estimate of drug-likeness (QED) is 0.717. The van der Waals surface area contributed by atoms with E-state index < -0.39 is 0 Å². The zero-order chi connectivity index (χ0) is 10.1. The van der Waals surface area contributed by atoms with E-state index in [2.05, 4.69) is 31.8 Å². The monoisotopic (exact) mass is 178 g/mol. The molecule has 0 saturated carbocycles. The summed E-state index contributed by atoms with van der Waals surface area (Å²) < 4.78 is 0. The Labute approximate surface area is 80.2 Å². The molecule has 1 aromatic rings. The maximum Gasteiger partial charge on any atom is 0.0568 e. The highest BCUT2D eigenvalue weighted by Gasteiger charge is 2.13. The molecule has 1 rings (SSSR count).